The van der Waals surface area contributed by atoms with Crippen molar-refractivity contribution in [2.45, 2.75) is 37.8 Å². The lowest BCUT2D eigenvalue weighted by Crippen LogP contribution is -2.44. The first-order valence-corrected chi connectivity index (χ1v) is 5.74. The quantitative estimate of drug-likeness (QED) is 0.647. The van der Waals surface area contributed by atoms with E-state index in [9.17, 15) is 9.59 Å². The molecule has 1 saturated heterocycles. The normalized spacial score (nSPS) is 26.3. The predicted molar refractivity (Wildman–Crippen MR) is 58.2 cm³/mol. The second-order valence-corrected chi connectivity index (χ2v) is 5.51. The Bertz CT molecular complexity index is 275. The number of esters is 1. The second-order valence-electron chi connectivity index (χ2n) is 4.37. The van der Waals surface area contributed by atoms with E-state index < -0.39 is 22.9 Å². The van der Waals surface area contributed by atoms with E-state index in [0.29, 0.717) is 5.75 Å². The van der Waals surface area contributed by atoms with Crippen molar-refractivity contribution in [2.24, 2.45) is 5.73 Å². The Balaban J connectivity index is 2.47. The summed E-state index contributed by atoms with van der Waals surface area (Å²) < 4.78 is 5.18. The van der Waals surface area contributed by atoms with Crippen LogP contribution in [-0.4, -0.2) is 34.6 Å². The standard InChI is InChI=1S/C9H16N2O3S/c1-9(2,3)14-8(13)7-11-5(4-15-7)6(10)12/h5,7,11H,4H2,1-3H3,(H2,10,12). The summed E-state index contributed by atoms with van der Waals surface area (Å²) >= 11 is 1.34. The smallest absolute Gasteiger partial charge is 0.334 e. The Hall–Kier alpha value is -0.750. The van der Waals surface area contributed by atoms with E-state index in [2.05, 4.69) is 5.32 Å². The van der Waals surface area contributed by atoms with Crippen molar-refractivity contribution >= 4 is 23.6 Å². The molecule has 0 spiro atoms. The lowest BCUT2D eigenvalue weighted by molar-refractivity contribution is -0.154. The Morgan fingerprint density at radius 2 is 2.07 bits per heavy atom. The van der Waals surface area contributed by atoms with Crippen molar-refractivity contribution in [3.8, 4) is 0 Å². The monoisotopic (exact) mass is 232 g/mol. The summed E-state index contributed by atoms with van der Waals surface area (Å²) in [4.78, 5) is 22.4. The molecule has 0 radical (unpaired) electrons. The third-order valence-corrected chi connectivity index (χ3v) is 2.93. The zero-order valence-electron chi connectivity index (χ0n) is 9.07. The molecule has 0 aromatic heterocycles. The zero-order chi connectivity index (χ0) is 11.6. The van der Waals surface area contributed by atoms with Gasteiger partial charge in [-0.3, -0.25) is 10.1 Å². The molecule has 1 fully saturated rings. The molecule has 0 saturated carbocycles. The molecule has 1 rings (SSSR count). The number of hydrogen-bond donors (Lipinski definition) is 2. The highest BCUT2D eigenvalue weighted by atomic mass is 32.2. The zero-order valence-corrected chi connectivity index (χ0v) is 9.89. The molecule has 0 bridgehead atoms. The highest BCUT2D eigenvalue weighted by Crippen LogP contribution is 2.21. The highest BCUT2D eigenvalue weighted by Gasteiger charge is 2.35. The molecule has 0 aliphatic carbocycles. The molecule has 1 aliphatic rings. The van der Waals surface area contributed by atoms with Gasteiger partial charge in [0.05, 0.1) is 6.04 Å². The van der Waals surface area contributed by atoms with Gasteiger partial charge in [-0.1, -0.05) is 0 Å². The lowest BCUT2D eigenvalue weighted by atomic mass is 10.2. The fraction of sp³-hybridized carbons (Fsp3) is 0.778. The van der Waals surface area contributed by atoms with Gasteiger partial charge in [-0.05, 0) is 20.8 Å². The fourth-order valence-corrected chi connectivity index (χ4v) is 2.22. The van der Waals surface area contributed by atoms with E-state index in [1.165, 1.54) is 11.8 Å². The number of carbonyl (C=O) groups excluding carboxylic acids is 2. The number of rotatable bonds is 2. The average Bonchev–Trinajstić information content (AvgIpc) is 2.47. The van der Waals surface area contributed by atoms with Gasteiger partial charge in [0.25, 0.3) is 0 Å². The number of nitrogens with one attached hydrogen (secondary N) is 1. The van der Waals surface area contributed by atoms with E-state index in [4.69, 9.17) is 10.5 Å². The summed E-state index contributed by atoms with van der Waals surface area (Å²) in [6.45, 7) is 5.41. The molecule has 6 heteroatoms. The summed E-state index contributed by atoms with van der Waals surface area (Å²) in [5.74, 6) is -0.274. The molecule has 1 heterocycles. The van der Waals surface area contributed by atoms with Gasteiger partial charge in [-0.25, -0.2) is 4.79 Å². The molecular weight excluding hydrogens is 216 g/mol. The van der Waals surface area contributed by atoms with Gasteiger partial charge in [-0.2, -0.15) is 0 Å². The van der Waals surface area contributed by atoms with Gasteiger partial charge in [0.1, 0.15) is 5.60 Å². The summed E-state index contributed by atoms with van der Waals surface area (Å²) in [6, 6.07) is -0.437. The van der Waals surface area contributed by atoms with Crippen molar-refractivity contribution in [1.29, 1.82) is 0 Å². The number of primary amides is 1. The van der Waals surface area contributed by atoms with Crippen molar-refractivity contribution in [3.05, 3.63) is 0 Å². The maximum Gasteiger partial charge on any atom is 0.334 e. The summed E-state index contributed by atoms with van der Waals surface area (Å²) in [6.07, 6.45) is 0. The van der Waals surface area contributed by atoms with Crippen LogP contribution in [0.1, 0.15) is 20.8 Å². The van der Waals surface area contributed by atoms with Crippen LogP contribution in [0.25, 0.3) is 0 Å². The fourth-order valence-electron chi connectivity index (χ4n) is 1.13. The first kappa shape index (κ1) is 12.3. The molecule has 3 N–H and O–H groups in total. The van der Waals surface area contributed by atoms with Gasteiger partial charge >= 0.3 is 5.97 Å². The van der Waals surface area contributed by atoms with Crippen molar-refractivity contribution < 1.29 is 14.3 Å². The first-order chi connectivity index (χ1) is 6.79. The Morgan fingerprint density at radius 3 is 2.47 bits per heavy atom. The third-order valence-electron chi connectivity index (χ3n) is 1.75. The minimum absolute atomic E-state index is 0.351. The van der Waals surface area contributed by atoms with E-state index in [1.54, 1.807) is 20.8 Å². The molecule has 5 nitrogen and oxygen atoms in total. The third kappa shape index (κ3) is 3.71. The van der Waals surface area contributed by atoms with E-state index in [0.717, 1.165) is 0 Å². The van der Waals surface area contributed by atoms with Crippen LogP contribution in [0.3, 0.4) is 0 Å². The van der Waals surface area contributed by atoms with Gasteiger partial charge < -0.3 is 10.5 Å². The van der Waals surface area contributed by atoms with E-state index >= 15 is 0 Å². The topological polar surface area (TPSA) is 81.4 Å². The largest absolute Gasteiger partial charge is 0.458 e. The molecule has 2 unspecified atom stereocenters. The van der Waals surface area contributed by atoms with Crippen molar-refractivity contribution in [3.63, 3.8) is 0 Å². The van der Waals surface area contributed by atoms with Crippen LogP contribution < -0.4 is 11.1 Å². The van der Waals surface area contributed by atoms with Crippen molar-refractivity contribution in [2.75, 3.05) is 5.75 Å². The van der Waals surface area contributed by atoms with Crippen LogP contribution in [0, 0.1) is 0 Å². The van der Waals surface area contributed by atoms with Gasteiger partial charge in [0.15, 0.2) is 5.37 Å². The van der Waals surface area contributed by atoms with Crippen LogP contribution in [0.4, 0.5) is 0 Å². The minimum atomic E-state index is -0.510. The number of carbonyl (C=O) groups is 2. The molecule has 15 heavy (non-hydrogen) atoms. The lowest BCUT2D eigenvalue weighted by Gasteiger charge is -2.21. The Morgan fingerprint density at radius 1 is 1.47 bits per heavy atom. The molecular formula is C9H16N2O3S. The second kappa shape index (κ2) is 4.40. The van der Waals surface area contributed by atoms with Crippen LogP contribution in [0.15, 0.2) is 0 Å². The van der Waals surface area contributed by atoms with E-state index in [-0.39, 0.29) is 5.97 Å². The summed E-state index contributed by atoms with van der Waals surface area (Å²) in [5, 5.41) is 2.34. The Kier molecular flexibility index (Phi) is 3.62. The molecule has 1 amide bonds. The highest BCUT2D eigenvalue weighted by molar-refractivity contribution is 8.00. The number of thioether (sulfide) groups is 1. The average molecular weight is 232 g/mol. The number of ether oxygens (including phenoxy) is 1. The van der Waals surface area contributed by atoms with Gasteiger partial charge in [0, 0.05) is 5.75 Å². The number of amides is 1. The maximum atomic E-state index is 11.6. The summed E-state index contributed by atoms with van der Waals surface area (Å²) in [7, 11) is 0. The van der Waals surface area contributed by atoms with Gasteiger partial charge in [-0.15, -0.1) is 11.8 Å². The molecule has 0 aromatic rings. The van der Waals surface area contributed by atoms with Crippen LogP contribution in [0.2, 0.25) is 0 Å². The molecule has 1 aliphatic heterocycles. The predicted octanol–water partition coefficient (Wildman–Crippen LogP) is -0.155. The number of hydrogen-bond acceptors (Lipinski definition) is 5. The number of nitrogens with two attached hydrogens (primary N) is 1. The van der Waals surface area contributed by atoms with Crippen LogP contribution >= 0.6 is 11.8 Å². The Labute approximate surface area is 93.1 Å². The summed E-state index contributed by atoms with van der Waals surface area (Å²) in [5.41, 5.74) is 4.61. The van der Waals surface area contributed by atoms with Crippen molar-refractivity contribution in [1.82, 2.24) is 5.32 Å². The SMILES string of the molecule is CC(C)(C)OC(=O)C1NC(C(N)=O)CS1. The van der Waals surface area contributed by atoms with E-state index in [1.807, 2.05) is 0 Å². The molecule has 86 valence electrons. The first-order valence-electron chi connectivity index (χ1n) is 4.69. The molecule has 0 aromatic carbocycles. The maximum absolute atomic E-state index is 11.6. The minimum Gasteiger partial charge on any atom is -0.458 e. The van der Waals surface area contributed by atoms with Crippen LogP contribution in [0.5, 0.6) is 0 Å². The van der Waals surface area contributed by atoms with Gasteiger partial charge in [0.2, 0.25) is 5.91 Å². The van der Waals surface area contributed by atoms with Crippen LogP contribution in [-0.2, 0) is 14.3 Å². The molecule has 2 atom stereocenters.